The monoisotopic (exact) mass is 284 g/mol. The fourth-order valence-corrected chi connectivity index (χ4v) is 3.54. The van der Waals surface area contributed by atoms with Gasteiger partial charge in [-0.15, -0.1) is 0 Å². The van der Waals surface area contributed by atoms with E-state index in [0.29, 0.717) is 12.0 Å². The molecule has 21 heavy (non-hydrogen) atoms. The molecule has 0 radical (unpaired) electrons. The molecule has 3 nitrogen and oxygen atoms in total. The van der Waals surface area contributed by atoms with E-state index in [9.17, 15) is 4.79 Å². The van der Waals surface area contributed by atoms with Gasteiger partial charge in [-0.1, -0.05) is 26.2 Å². The first kappa shape index (κ1) is 14.2. The van der Waals surface area contributed by atoms with E-state index in [1.165, 1.54) is 32.1 Å². The molecule has 0 aliphatic heterocycles. The van der Waals surface area contributed by atoms with Crippen LogP contribution in [0.25, 0.3) is 10.9 Å². The summed E-state index contributed by atoms with van der Waals surface area (Å²) in [6, 6.07) is 8.17. The lowest BCUT2D eigenvalue weighted by atomic mass is 9.83. The number of carbonyl (C=O) groups excluding carboxylic acids is 1. The van der Waals surface area contributed by atoms with Crippen molar-refractivity contribution in [1.29, 1.82) is 0 Å². The molecule has 1 heterocycles. The summed E-state index contributed by atoms with van der Waals surface area (Å²) < 4.78 is 0. The summed E-state index contributed by atoms with van der Waals surface area (Å²) in [6.45, 7) is 2.18. The molecule has 1 aliphatic rings. The zero-order valence-electron chi connectivity index (χ0n) is 12.7. The third kappa shape index (κ3) is 3.12. The minimum absolute atomic E-state index is 0.0653. The third-order valence-electron chi connectivity index (χ3n) is 4.79. The fraction of sp³-hybridized carbons (Fsp3) is 0.500. The molecule has 1 amide bonds. The topological polar surface area (TPSA) is 44.9 Å². The number of nitrogens with one attached hydrogen (secondary N) is 2. The highest BCUT2D eigenvalue weighted by atomic mass is 16.1. The van der Waals surface area contributed by atoms with Crippen LogP contribution in [-0.4, -0.2) is 16.9 Å². The van der Waals surface area contributed by atoms with Gasteiger partial charge in [-0.3, -0.25) is 4.79 Å². The first-order chi connectivity index (χ1) is 10.3. The molecule has 2 aromatic rings. The second-order valence-corrected chi connectivity index (χ2v) is 6.17. The minimum Gasteiger partial charge on any atom is -0.361 e. The first-order valence-corrected chi connectivity index (χ1v) is 8.16. The number of benzene rings is 1. The van der Waals surface area contributed by atoms with Crippen LogP contribution in [0, 0.1) is 5.92 Å². The SMILES string of the molecule is CCC(NC(=O)c1ccc2[nH]ccc2c1)C1CCCCC1. The Morgan fingerprint density at radius 1 is 1.29 bits per heavy atom. The van der Waals surface area contributed by atoms with E-state index in [0.717, 1.165) is 22.9 Å². The minimum atomic E-state index is 0.0653. The zero-order chi connectivity index (χ0) is 14.7. The molecule has 1 fully saturated rings. The molecule has 0 saturated heterocycles. The smallest absolute Gasteiger partial charge is 0.251 e. The number of fused-ring (bicyclic) bond motifs is 1. The molecule has 2 N–H and O–H groups in total. The van der Waals surface area contributed by atoms with Crippen LogP contribution in [0.2, 0.25) is 0 Å². The number of carbonyl (C=O) groups is 1. The highest BCUT2D eigenvalue weighted by molar-refractivity contribution is 5.98. The van der Waals surface area contributed by atoms with Crippen molar-refractivity contribution < 1.29 is 4.79 Å². The van der Waals surface area contributed by atoms with Gasteiger partial charge in [0.2, 0.25) is 0 Å². The van der Waals surface area contributed by atoms with Gasteiger partial charge in [-0.05, 0) is 49.4 Å². The molecular weight excluding hydrogens is 260 g/mol. The summed E-state index contributed by atoms with van der Waals surface area (Å²) in [5.74, 6) is 0.721. The van der Waals surface area contributed by atoms with Crippen molar-refractivity contribution >= 4 is 16.8 Å². The van der Waals surface area contributed by atoms with Gasteiger partial charge in [0, 0.05) is 28.7 Å². The maximum absolute atomic E-state index is 12.5. The van der Waals surface area contributed by atoms with Crippen LogP contribution >= 0.6 is 0 Å². The van der Waals surface area contributed by atoms with Crippen LogP contribution in [0.1, 0.15) is 55.8 Å². The quantitative estimate of drug-likeness (QED) is 0.866. The van der Waals surface area contributed by atoms with Crippen LogP contribution in [0.4, 0.5) is 0 Å². The van der Waals surface area contributed by atoms with E-state index in [1.807, 2.05) is 30.5 Å². The summed E-state index contributed by atoms with van der Waals surface area (Å²) in [4.78, 5) is 15.7. The number of rotatable bonds is 4. The molecule has 1 aromatic heterocycles. The molecule has 112 valence electrons. The lowest BCUT2D eigenvalue weighted by molar-refractivity contribution is 0.0911. The molecule has 1 atom stereocenters. The average Bonchev–Trinajstić information content (AvgIpc) is 3.00. The maximum atomic E-state index is 12.5. The summed E-state index contributed by atoms with van der Waals surface area (Å²) >= 11 is 0. The van der Waals surface area contributed by atoms with E-state index in [-0.39, 0.29) is 5.91 Å². The summed E-state index contributed by atoms with van der Waals surface area (Å²) in [5.41, 5.74) is 1.84. The van der Waals surface area contributed by atoms with Gasteiger partial charge in [0.25, 0.3) is 5.91 Å². The molecular formula is C18H24N2O. The standard InChI is InChI=1S/C18H24N2O/c1-2-16(13-6-4-3-5-7-13)20-18(21)15-8-9-17-14(12-15)10-11-19-17/h8-13,16,19H,2-7H2,1H3,(H,20,21). The predicted molar refractivity (Wildman–Crippen MR) is 86.4 cm³/mol. The number of aromatic nitrogens is 1. The van der Waals surface area contributed by atoms with Crippen LogP contribution in [-0.2, 0) is 0 Å². The summed E-state index contributed by atoms with van der Waals surface area (Å²) in [6.07, 6.45) is 9.42. The molecule has 1 aromatic carbocycles. The van der Waals surface area contributed by atoms with Crippen molar-refractivity contribution in [2.75, 3.05) is 0 Å². The van der Waals surface area contributed by atoms with Gasteiger partial charge >= 0.3 is 0 Å². The van der Waals surface area contributed by atoms with E-state index in [4.69, 9.17) is 0 Å². The normalized spacial score (nSPS) is 17.8. The largest absolute Gasteiger partial charge is 0.361 e. The van der Waals surface area contributed by atoms with Crippen LogP contribution in [0.15, 0.2) is 30.5 Å². The van der Waals surface area contributed by atoms with Crippen LogP contribution in [0.5, 0.6) is 0 Å². The Hall–Kier alpha value is -1.77. The second-order valence-electron chi connectivity index (χ2n) is 6.17. The Balaban J connectivity index is 1.71. The molecule has 3 rings (SSSR count). The number of hydrogen-bond donors (Lipinski definition) is 2. The lowest BCUT2D eigenvalue weighted by Crippen LogP contribution is -2.40. The van der Waals surface area contributed by atoms with Gasteiger partial charge in [0.15, 0.2) is 0 Å². The average molecular weight is 284 g/mol. The fourth-order valence-electron chi connectivity index (χ4n) is 3.54. The molecule has 3 heteroatoms. The van der Waals surface area contributed by atoms with Crippen molar-refractivity contribution in [3.8, 4) is 0 Å². The van der Waals surface area contributed by atoms with Crippen molar-refractivity contribution in [2.24, 2.45) is 5.92 Å². The van der Waals surface area contributed by atoms with Crippen LogP contribution in [0.3, 0.4) is 0 Å². The molecule has 0 bridgehead atoms. The highest BCUT2D eigenvalue weighted by Gasteiger charge is 2.24. The Morgan fingerprint density at radius 3 is 2.86 bits per heavy atom. The molecule has 1 unspecified atom stereocenters. The molecule has 0 spiro atoms. The number of aromatic amines is 1. The third-order valence-corrected chi connectivity index (χ3v) is 4.79. The van der Waals surface area contributed by atoms with Crippen molar-refractivity contribution in [3.63, 3.8) is 0 Å². The Labute approximate surface area is 126 Å². The summed E-state index contributed by atoms with van der Waals surface area (Å²) in [5, 5.41) is 4.35. The number of amides is 1. The highest BCUT2D eigenvalue weighted by Crippen LogP contribution is 2.28. The van der Waals surface area contributed by atoms with E-state index >= 15 is 0 Å². The molecule has 1 saturated carbocycles. The van der Waals surface area contributed by atoms with Crippen LogP contribution < -0.4 is 5.32 Å². The zero-order valence-corrected chi connectivity index (χ0v) is 12.7. The second kappa shape index (κ2) is 6.33. The van der Waals surface area contributed by atoms with Crippen molar-refractivity contribution in [2.45, 2.75) is 51.5 Å². The Morgan fingerprint density at radius 2 is 2.10 bits per heavy atom. The lowest BCUT2D eigenvalue weighted by Gasteiger charge is -2.30. The Kier molecular flexibility index (Phi) is 4.28. The first-order valence-electron chi connectivity index (χ1n) is 8.16. The van der Waals surface area contributed by atoms with Crippen molar-refractivity contribution in [1.82, 2.24) is 10.3 Å². The van der Waals surface area contributed by atoms with Gasteiger partial charge in [0.1, 0.15) is 0 Å². The van der Waals surface area contributed by atoms with Crippen molar-refractivity contribution in [3.05, 3.63) is 36.0 Å². The van der Waals surface area contributed by atoms with E-state index in [1.54, 1.807) is 0 Å². The van der Waals surface area contributed by atoms with Gasteiger partial charge < -0.3 is 10.3 Å². The van der Waals surface area contributed by atoms with Gasteiger partial charge in [-0.25, -0.2) is 0 Å². The molecule has 1 aliphatic carbocycles. The Bertz CT molecular complexity index is 610. The predicted octanol–water partition coefficient (Wildman–Crippen LogP) is 4.26. The number of H-pyrrole nitrogens is 1. The van der Waals surface area contributed by atoms with E-state index in [2.05, 4.69) is 17.2 Å². The maximum Gasteiger partial charge on any atom is 0.251 e. The van der Waals surface area contributed by atoms with E-state index < -0.39 is 0 Å². The van der Waals surface area contributed by atoms with Gasteiger partial charge in [-0.2, -0.15) is 0 Å². The van der Waals surface area contributed by atoms with Gasteiger partial charge in [0.05, 0.1) is 0 Å². The summed E-state index contributed by atoms with van der Waals surface area (Å²) in [7, 11) is 0. The number of hydrogen-bond acceptors (Lipinski definition) is 1.